The average Bonchev–Trinajstić information content (AvgIpc) is 2.70. The molecule has 0 aliphatic heterocycles. The number of nitrogens with zero attached hydrogens (tertiary/aromatic N) is 2. The molecule has 2 atom stereocenters. The van der Waals surface area contributed by atoms with Gasteiger partial charge in [0.1, 0.15) is 0 Å². The summed E-state index contributed by atoms with van der Waals surface area (Å²) in [4.78, 5) is 0. The van der Waals surface area contributed by atoms with Gasteiger partial charge < -0.3 is 10.4 Å². The highest BCUT2D eigenvalue weighted by molar-refractivity contribution is 5.23. The Morgan fingerprint density at radius 2 is 2.15 bits per heavy atom. The molecule has 0 spiro atoms. The van der Waals surface area contributed by atoms with E-state index in [9.17, 15) is 5.11 Å². The number of hydrogen-bond acceptors (Lipinski definition) is 3. The fourth-order valence-electron chi connectivity index (χ4n) is 3.16. The molecular formula is C16H29N3O. The van der Waals surface area contributed by atoms with Crippen molar-refractivity contribution in [2.75, 3.05) is 6.54 Å². The third-order valence-corrected chi connectivity index (χ3v) is 4.12. The number of hydrogen-bond donors (Lipinski definition) is 2. The number of aryl methyl sites for hydroxylation is 1. The van der Waals surface area contributed by atoms with Gasteiger partial charge >= 0.3 is 0 Å². The van der Waals surface area contributed by atoms with Crippen LogP contribution in [0.2, 0.25) is 0 Å². The van der Waals surface area contributed by atoms with Crippen LogP contribution in [0.15, 0.2) is 6.20 Å². The molecule has 2 N–H and O–H groups in total. The first-order valence-electron chi connectivity index (χ1n) is 7.78. The number of aromatic nitrogens is 2. The number of nitrogens with one attached hydrogen (secondary N) is 1. The van der Waals surface area contributed by atoms with Crippen LogP contribution in [0.4, 0.5) is 0 Å². The van der Waals surface area contributed by atoms with Crippen molar-refractivity contribution >= 4 is 0 Å². The van der Waals surface area contributed by atoms with E-state index >= 15 is 0 Å². The van der Waals surface area contributed by atoms with Crippen molar-refractivity contribution in [2.24, 2.45) is 13.0 Å². The maximum atomic E-state index is 9.71. The highest BCUT2D eigenvalue weighted by atomic mass is 16.3. The van der Waals surface area contributed by atoms with E-state index in [1.54, 1.807) is 0 Å². The lowest BCUT2D eigenvalue weighted by molar-refractivity contribution is 0.101. The van der Waals surface area contributed by atoms with Gasteiger partial charge in [0.15, 0.2) is 0 Å². The van der Waals surface area contributed by atoms with Crippen molar-refractivity contribution in [3.05, 3.63) is 17.5 Å². The Morgan fingerprint density at radius 1 is 1.40 bits per heavy atom. The molecule has 1 aromatic rings. The van der Waals surface area contributed by atoms with E-state index in [4.69, 9.17) is 0 Å². The second kappa shape index (κ2) is 6.27. The maximum Gasteiger partial charge on any atom is 0.0722 e. The molecule has 1 aromatic heterocycles. The Hall–Kier alpha value is -0.870. The highest BCUT2D eigenvalue weighted by Gasteiger charge is 2.23. The molecule has 2 rings (SSSR count). The van der Waals surface area contributed by atoms with E-state index < -0.39 is 0 Å². The van der Waals surface area contributed by atoms with Gasteiger partial charge in [-0.2, -0.15) is 5.10 Å². The van der Waals surface area contributed by atoms with Gasteiger partial charge in [-0.3, -0.25) is 4.68 Å². The first kappa shape index (κ1) is 15.5. The summed E-state index contributed by atoms with van der Waals surface area (Å²) in [5.74, 6) is 0.619. The van der Waals surface area contributed by atoms with E-state index in [0.29, 0.717) is 5.92 Å². The minimum Gasteiger partial charge on any atom is -0.393 e. The average molecular weight is 279 g/mol. The van der Waals surface area contributed by atoms with Crippen molar-refractivity contribution in [3.63, 3.8) is 0 Å². The van der Waals surface area contributed by atoms with Crippen molar-refractivity contribution in [1.29, 1.82) is 0 Å². The van der Waals surface area contributed by atoms with E-state index in [2.05, 4.69) is 37.4 Å². The van der Waals surface area contributed by atoms with Crippen LogP contribution in [0.5, 0.6) is 0 Å². The van der Waals surface area contributed by atoms with E-state index in [-0.39, 0.29) is 11.5 Å². The Labute approximate surface area is 122 Å². The van der Waals surface area contributed by atoms with Crippen LogP contribution >= 0.6 is 0 Å². The normalized spacial score (nSPS) is 24.1. The highest BCUT2D eigenvalue weighted by Crippen LogP contribution is 2.25. The standard InChI is InChI=1S/C16H29N3O/c1-16(2,3)15-13(11-19(4)18-15)10-17-9-12-6-5-7-14(20)8-12/h11-12,14,17,20H,5-10H2,1-4H3. The first-order chi connectivity index (χ1) is 9.36. The second-order valence-corrected chi connectivity index (χ2v) is 7.24. The Kier molecular flexibility index (Phi) is 4.86. The van der Waals surface area contributed by atoms with Crippen LogP contribution in [0.3, 0.4) is 0 Å². The zero-order valence-electron chi connectivity index (χ0n) is 13.3. The molecule has 20 heavy (non-hydrogen) atoms. The molecule has 1 fully saturated rings. The van der Waals surface area contributed by atoms with Gasteiger partial charge in [-0.25, -0.2) is 0 Å². The monoisotopic (exact) mass is 279 g/mol. The summed E-state index contributed by atoms with van der Waals surface area (Å²) in [6.07, 6.45) is 6.36. The molecule has 0 saturated heterocycles. The van der Waals surface area contributed by atoms with Gasteiger partial charge in [0.25, 0.3) is 0 Å². The first-order valence-corrected chi connectivity index (χ1v) is 7.78. The van der Waals surface area contributed by atoms with Crippen LogP contribution < -0.4 is 5.32 Å². The summed E-state index contributed by atoms with van der Waals surface area (Å²) < 4.78 is 1.90. The number of aliphatic hydroxyl groups is 1. The van der Waals surface area contributed by atoms with Gasteiger partial charge in [-0.05, 0) is 31.7 Å². The predicted octanol–water partition coefficient (Wildman–Crippen LogP) is 2.36. The topological polar surface area (TPSA) is 50.1 Å². The summed E-state index contributed by atoms with van der Waals surface area (Å²) in [5.41, 5.74) is 2.55. The Morgan fingerprint density at radius 3 is 2.80 bits per heavy atom. The quantitative estimate of drug-likeness (QED) is 0.889. The van der Waals surface area contributed by atoms with Crippen molar-refractivity contribution in [2.45, 2.75) is 64.5 Å². The molecule has 1 saturated carbocycles. The van der Waals surface area contributed by atoms with Crippen LogP contribution in [0.1, 0.15) is 57.7 Å². The van der Waals surface area contributed by atoms with Crippen molar-refractivity contribution in [3.8, 4) is 0 Å². The molecule has 1 aliphatic carbocycles. The summed E-state index contributed by atoms with van der Waals surface area (Å²) in [7, 11) is 1.98. The summed E-state index contributed by atoms with van der Waals surface area (Å²) in [5, 5.41) is 17.9. The van der Waals surface area contributed by atoms with Crippen LogP contribution in [-0.2, 0) is 19.0 Å². The van der Waals surface area contributed by atoms with E-state index in [0.717, 1.165) is 32.4 Å². The summed E-state index contributed by atoms with van der Waals surface area (Å²) in [6.45, 7) is 8.48. The maximum absolute atomic E-state index is 9.71. The molecule has 4 heteroatoms. The largest absolute Gasteiger partial charge is 0.393 e. The summed E-state index contributed by atoms with van der Waals surface area (Å²) >= 11 is 0. The van der Waals surface area contributed by atoms with Crippen LogP contribution in [0.25, 0.3) is 0 Å². The molecule has 0 amide bonds. The minimum atomic E-state index is -0.0842. The Bertz CT molecular complexity index is 433. The second-order valence-electron chi connectivity index (χ2n) is 7.24. The zero-order chi connectivity index (χ0) is 14.8. The molecule has 0 aromatic carbocycles. The molecule has 0 bridgehead atoms. The van der Waals surface area contributed by atoms with Crippen molar-refractivity contribution in [1.82, 2.24) is 15.1 Å². The van der Waals surface area contributed by atoms with Crippen molar-refractivity contribution < 1.29 is 5.11 Å². The lowest BCUT2D eigenvalue weighted by atomic mass is 9.87. The third-order valence-electron chi connectivity index (χ3n) is 4.12. The van der Waals surface area contributed by atoms with Crippen LogP contribution in [-0.4, -0.2) is 27.5 Å². The molecule has 114 valence electrons. The van der Waals surface area contributed by atoms with Crippen LogP contribution in [0, 0.1) is 5.92 Å². The number of aliphatic hydroxyl groups excluding tert-OH is 1. The zero-order valence-corrected chi connectivity index (χ0v) is 13.3. The lowest BCUT2D eigenvalue weighted by Gasteiger charge is -2.26. The van der Waals surface area contributed by atoms with Gasteiger partial charge in [0.05, 0.1) is 11.8 Å². The lowest BCUT2D eigenvalue weighted by Crippen LogP contribution is -2.29. The Balaban J connectivity index is 1.88. The fourth-order valence-corrected chi connectivity index (χ4v) is 3.16. The molecule has 2 unspecified atom stereocenters. The summed E-state index contributed by atoms with van der Waals surface area (Å²) in [6, 6.07) is 0. The molecule has 1 heterocycles. The SMILES string of the molecule is Cn1cc(CNCC2CCCC(O)C2)c(C(C)(C)C)n1. The smallest absolute Gasteiger partial charge is 0.0722 e. The fraction of sp³-hybridized carbons (Fsp3) is 0.812. The molecular weight excluding hydrogens is 250 g/mol. The van der Waals surface area contributed by atoms with Gasteiger partial charge in [-0.1, -0.05) is 27.2 Å². The van der Waals surface area contributed by atoms with Gasteiger partial charge in [0, 0.05) is 30.8 Å². The minimum absolute atomic E-state index is 0.0826. The van der Waals surface area contributed by atoms with E-state index in [1.165, 1.54) is 17.7 Å². The van der Waals surface area contributed by atoms with E-state index in [1.807, 2.05) is 11.7 Å². The van der Waals surface area contributed by atoms with Gasteiger partial charge in [0.2, 0.25) is 0 Å². The molecule has 0 radical (unpaired) electrons. The predicted molar refractivity (Wildman–Crippen MR) is 81.6 cm³/mol. The molecule has 1 aliphatic rings. The third kappa shape index (κ3) is 4.06. The number of rotatable bonds is 4. The molecule has 4 nitrogen and oxygen atoms in total. The van der Waals surface area contributed by atoms with Gasteiger partial charge in [-0.15, -0.1) is 0 Å².